The van der Waals surface area contributed by atoms with Crippen molar-refractivity contribution < 1.29 is 20.1 Å². The van der Waals surface area contributed by atoms with E-state index in [1.165, 1.54) is 43.3 Å². The third kappa shape index (κ3) is 33.2. The van der Waals surface area contributed by atoms with Gasteiger partial charge in [0.1, 0.15) is 23.4 Å². The van der Waals surface area contributed by atoms with Crippen LogP contribution in [-0.2, 0) is 12.8 Å². The Morgan fingerprint density at radius 3 is 1.62 bits per heavy atom. The van der Waals surface area contributed by atoms with E-state index in [0.29, 0.717) is 11.5 Å². The maximum atomic E-state index is 9.39. The van der Waals surface area contributed by atoms with Crippen LogP contribution in [0.2, 0.25) is 0 Å². The van der Waals surface area contributed by atoms with Crippen molar-refractivity contribution in [2.24, 2.45) is 17.8 Å². The van der Waals surface area contributed by atoms with Gasteiger partial charge in [-0.2, -0.15) is 0 Å². The first-order valence-electron chi connectivity index (χ1n) is 16.7. The number of aromatic nitrogens is 4. The number of hydrogen-bond donors (Lipinski definition) is 3. The smallest absolute Gasteiger partial charge is 0.152 e. The Morgan fingerprint density at radius 2 is 1.26 bits per heavy atom. The molecule has 3 heterocycles. The van der Waals surface area contributed by atoms with Gasteiger partial charge in [0.05, 0.1) is 30.5 Å². The van der Waals surface area contributed by atoms with E-state index in [-0.39, 0.29) is 11.4 Å². The molecule has 0 aliphatic heterocycles. The second-order valence-corrected chi connectivity index (χ2v) is 14.0. The molecule has 264 valence electrons. The molecule has 3 aromatic heterocycles. The van der Waals surface area contributed by atoms with Crippen molar-refractivity contribution in [2.75, 3.05) is 0 Å². The fourth-order valence-corrected chi connectivity index (χ4v) is 3.13. The molecule has 0 spiro atoms. The highest BCUT2D eigenvalue weighted by molar-refractivity contribution is 5.37. The van der Waals surface area contributed by atoms with E-state index in [0.717, 1.165) is 48.3 Å². The van der Waals surface area contributed by atoms with Gasteiger partial charge in [-0.1, -0.05) is 74.5 Å². The highest BCUT2D eigenvalue weighted by Crippen LogP contribution is 2.26. The maximum Gasteiger partial charge on any atom is 0.152 e. The average Bonchev–Trinajstić information content (AvgIpc) is 3.45. The van der Waals surface area contributed by atoms with Crippen molar-refractivity contribution in [1.29, 1.82) is 0 Å². The third-order valence-corrected chi connectivity index (χ3v) is 4.60. The highest BCUT2D eigenvalue weighted by Gasteiger charge is 2.12. The Bertz CT molecular complexity index is 1180. The van der Waals surface area contributed by atoms with Gasteiger partial charge in [0.25, 0.3) is 0 Å². The van der Waals surface area contributed by atoms with Gasteiger partial charge in [0.15, 0.2) is 5.75 Å². The van der Waals surface area contributed by atoms with Crippen molar-refractivity contribution in [3.8, 4) is 17.2 Å². The summed E-state index contributed by atoms with van der Waals surface area (Å²) < 4.78 is 5.54. The van der Waals surface area contributed by atoms with Gasteiger partial charge in [-0.05, 0) is 88.0 Å². The van der Waals surface area contributed by atoms with Crippen LogP contribution >= 0.6 is 0 Å². The Morgan fingerprint density at radius 1 is 0.702 bits per heavy atom. The van der Waals surface area contributed by atoms with Crippen LogP contribution in [0.4, 0.5) is 0 Å². The molecule has 5 rings (SSSR count). The molecule has 8 nitrogen and oxygen atoms in total. The quantitative estimate of drug-likeness (QED) is 0.237. The summed E-state index contributed by atoms with van der Waals surface area (Å²) in [5.74, 6) is 4.26. The number of pyridine rings is 2. The van der Waals surface area contributed by atoms with Crippen molar-refractivity contribution in [2.45, 2.75) is 121 Å². The van der Waals surface area contributed by atoms with Gasteiger partial charge < -0.3 is 20.1 Å². The second-order valence-electron chi connectivity index (χ2n) is 14.0. The molecule has 0 atom stereocenters. The first-order chi connectivity index (χ1) is 21.9. The number of aliphatic hydroxyl groups excluding tert-OH is 1. The fraction of sp³-hybridized carbons (Fsp3) is 0.538. The molecule has 3 aromatic rings. The Balaban J connectivity index is 0. The number of ether oxygens (including phenoxy) is 1. The monoisotopic (exact) mass is 652 g/mol. The lowest BCUT2D eigenvalue weighted by Crippen LogP contribution is -2.22. The Kier molecular flexibility index (Phi) is 26.1. The predicted octanol–water partition coefficient (Wildman–Crippen LogP) is 10.5. The van der Waals surface area contributed by atoms with Crippen LogP contribution < -0.4 is 4.74 Å². The molecule has 0 unspecified atom stereocenters. The maximum absolute atomic E-state index is 9.39. The van der Waals surface area contributed by atoms with E-state index < -0.39 is 0 Å². The van der Waals surface area contributed by atoms with E-state index >= 15 is 0 Å². The van der Waals surface area contributed by atoms with Crippen molar-refractivity contribution in [1.82, 2.24) is 19.9 Å². The Labute approximate surface area is 286 Å². The predicted molar refractivity (Wildman–Crippen MR) is 197 cm³/mol. The lowest BCUT2D eigenvalue weighted by molar-refractivity contribution is 0.130. The molecule has 47 heavy (non-hydrogen) atoms. The molecule has 8 heteroatoms. The third-order valence-electron chi connectivity index (χ3n) is 4.60. The molecule has 3 N–H and O–H groups in total. The molecule has 2 aliphatic carbocycles. The van der Waals surface area contributed by atoms with Gasteiger partial charge in [-0.25, -0.2) is 9.97 Å². The minimum absolute atomic E-state index is 0.0995. The minimum atomic E-state index is -0.136. The summed E-state index contributed by atoms with van der Waals surface area (Å²) in [6.07, 6.45) is 21.6. The number of fused-ring (bicyclic) bond motifs is 1. The van der Waals surface area contributed by atoms with Crippen LogP contribution in [0.1, 0.15) is 113 Å². The van der Waals surface area contributed by atoms with Crippen LogP contribution in [-0.4, -0.2) is 40.9 Å². The highest BCUT2D eigenvalue weighted by atomic mass is 16.5. The summed E-state index contributed by atoms with van der Waals surface area (Å²) >= 11 is 0. The summed E-state index contributed by atoms with van der Waals surface area (Å²) in [6, 6.07) is 3.76. The van der Waals surface area contributed by atoms with Crippen molar-refractivity contribution >= 4 is 0 Å². The number of hydrogen-bond acceptors (Lipinski definition) is 8. The molecule has 0 saturated carbocycles. The zero-order valence-electron chi connectivity index (χ0n) is 31.2. The summed E-state index contributed by atoms with van der Waals surface area (Å²) in [6.45, 7) is 25.5. The average molecular weight is 653 g/mol. The number of aryl methyl sites for hydroxylation is 1. The van der Waals surface area contributed by atoms with E-state index in [2.05, 4.69) is 82.2 Å². The van der Waals surface area contributed by atoms with E-state index in [9.17, 15) is 5.11 Å². The number of aliphatic hydroxyl groups is 1. The minimum Gasteiger partial charge on any atom is -0.512 e. The molecule has 0 fully saturated rings. The lowest BCUT2D eigenvalue weighted by atomic mass is 9.93. The molecule has 0 bridgehead atoms. The van der Waals surface area contributed by atoms with Crippen molar-refractivity contribution in [3.05, 3.63) is 90.8 Å². The van der Waals surface area contributed by atoms with Crippen LogP contribution in [0.15, 0.2) is 79.6 Å². The van der Waals surface area contributed by atoms with Gasteiger partial charge in [0.2, 0.25) is 0 Å². The largest absolute Gasteiger partial charge is 0.512 e. The van der Waals surface area contributed by atoms with E-state index in [1.807, 2.05) is 51.3 Å². The van der Waals surface area contributed by atoms with Crippen LogP contribution in [0.5, 0.6) is 17.2 Å². The summed E-state index contributed by atoms with van der Waals surface area (Å²) in [4.78, 5) is 14.9. The molecular formula is C39H64N4O4. The first kappa shape index (κ1) is 45.2. The zero-order chi connectivity index (χ0) is 36.3. The Hall–Kier alpha value is -3.94. The van der Waals surface area contributed by atoms with Gasteiger partial charge >= 0.3 is 0 Å². The van der Waals surface area contributed by atoms with Gasteiger partial charge in [-0.3, -0.25) is 9.97 Å². The second kappa shape index (κ2) is 27.2. The molecule has 0 aromatic carbocycles. The number of aromatic hydroxyl groups is 2. The van der Waals surface area contributed by atoms with Crippen LogP contribution in [0, 0.1) is 17.8 Å². The molecular weight excluding hydrogens is 588 g/mol. The van der Waals surface area contributed by atoms with Gasteiger partial charge in [-0.15, -0.1) is 0 Å². The summed E-state index contributed by atoms with van der Waals surface area (Å²) in [7, 11) is 0. The standard InChI is InChI=1S/C9H11NO.C9H13NO.C5H6O.C4H4N2O.3C4H10/c11-9-6-10-5-7-3-1-2-4-8(7)9;1-9(2,3)11-8-5-4-6-10-7-8;6-5-3-1-2-4-5;7-4-1-5-3-6-2-4;3*1-4(2)3/h5-6,11H,1-4H2;4-7H,1-3H3;1-3,6H,4H2;1-3,7H;3*4H,1-3H3. The van der Waals surface area contributed by atoms with Crippen LogP contribution in [0.3, 0.4) is 0 Å². The lowest BCUT2D eigenvalue weighted by Gasteiger charge is -2.20. The first-order valence-corrected chi connectivity index (χ1v) is 16.7. The molecule has 0 radical (unpaired) electrons. The normalized spacial score (nSPS) is 12.3. The molecule has 0 saturated heterocycles. The van der Waals surface area contributed by atoms with Crippen molar-refractivity contribution in [3.63, 3.8) is 0 Å². The molecule has 0 amide bonds. The molecule has 2 aliphatic rings. The number of rotatable bonds is 1. The zero-order valence-corrected chi connectivity index (χ0v) is 31.2. The number of nitrogens with zero attached hydrogens (tertiary/aromatic N) is 4. The van der Waals surface area contributed by atoms with Crippen LogP contribution in [0.25, 0.3) is 0 Å². The van der Waals surface area contributed by atoms with E-state index in [4.69, 9.17) is 14.9 Å². The summed E-state index contributed by atoms with van der Waals surface area (Å²) in [5.41, 5.74) is 2.21. The van der Waals surface area contributed by atoms with Gasteiger partial charge in [0, 0.05) is 24.4 Å². The SMILES string of the molecule is CC(C)(C)Oc1cccnc1.CC(C)C.CC(C)C.CC(C)C.OC1=CC=CC1.Oc1cncc2c1CCCC2.Oc1cncnc1. The van der Waals surface area contributed by atoms with E-state index in [1.54, 1.807) is 18.5 Å². The summed E-state index contributed by atoms with van der Waals surface area (Å²) in [5, 5.41) is 26.4. The number of allylic oxidation sites excluding steroid dienone is 3. The topological polar surface area (TPSA) is 121 Å². The fourth-order valence-electron chi connectivity index (χ4n) is 3.13.